The normalized spacial score (nSPS) is 11.1. The summed E-state index contributed by atoms with van der Waals surface area (Å²) in [6.45, 7) is 8.33. The number of nitrogens with zero attached hydrogens (tertiary/aromatic N) is 1. The number of hydrogen-bond acceptors (Lipinski definition) is 4. The fraction of sp³-hybridized carbons (Fsp3) is 0.250. The molecule has 7 heteroatoms. The number of aryl methyl sites for hydroxylation is 1. The van der Waals surface area contributed by atoms with Crippen LogP contribution in [0.5, 0.6) is 5.75 Å². The molecule has 0 atom stereocenters. The number of anilines is 1. The molecule has 0 saturated heterocycles. The molecule has 0 fully saturated rings. The van der Waals surface area contributed by atoms with Crippen LogP contribution in [0.25, 0.3) is 22.3 Å². The smallest absolute Gasteiger partial charge is 0.263 e. The topological polar surface area (TPSA) is 72.4 Å². The predicted molar refractivity (Wildman–Crippen MR) is 155 cm³/mol. The minimum atomic E-state index is -0.462. The SMILES string of the molecule is COc1cc(-c2cccc(-c3cccc(NC(=O)c4cccn(C)c4=O)c3C)c2C)cc(F)c1CNC(C)C. The Kier molecular flexibility index (Phi) is 8.31. The van der Waals surface area contributed by atoms with Gasteiger partial charge in [-0.2, -0.15) is 0 Å². The summed E-state index contributed by atoms with van der Waals surface area (Å²) >= 11 is 0. The molecule has 39 heavy (non-hydrogen) atoms. The number of rotatable bonds is 8. The maximum atomic E-state index is 15.2. The molecule has 0 aliphatic carbocycles. The Morgan fingerprint density at radius 2 is 1.64 bits per heavy atom. The fourth-order valence-corrected chi connectivity index (χ4v) is 4.69. The third kappa shape index (κ3) is 5.78. The van der Waals surface area contributed by atoms with Gasteiger partial charge in [0.15, 0.2) is 0 Å². The highest BCUT2D eigenvalue weighted by Gasteiger charge is 2.18. The lowest BCUT2D eigenvalue weighted by atomic mass is 9.90. The van der Waals surface area contributed by atoms with Crippen LogP contribution in [-0.2, 0) is 13.6 Å². The van der Waals surface area contributed by atoms with Gasteiger partial charge in [0.25, 0.3) is 11.5 Å². The quantitative estimate of drug-likeness (QED) is 0.285. The number of pyridine rings is 1. The van der Waals surface area contributed by atoms with Gasteiger partial charge in [0.2, 0.25) is 0 Å². The summed E-state index contributed by atoms with van der Waals surface area (Å²) in [6.07, 6.45) is 1.61. The van der Waals surface area contributed by atoms with Crippen molar-refractivity contribution in [3.63, 3.8) is 0 Å². The van der Waals surface area contributed by atoms with E-state index in [1.807, 2.05) is 70.2 Å². The molecule has 1 heterocycles. The summed E-state index contributed by atoms with van der Waals surface area (Å²) in [6, 6.07) is 18.4. The Balaban J connectivity index is 1.72. The first kappa shape index (κ1) is 27.8. The van der Waals surface area contributed by atoms with Crippen LogP contribution in [0.15, 0.2) is 71.7 Å². The third-order valence-corrected chi connectivity index (χ3v) is 6.95. The number of hydrogen-bond donors (Lipinski definition) is 2. The van der Waals surface area contributed by atoms with E-state index >= 15 is 4.39 Å². The van der Waals surface area contributed by atoms with Crippen molar-refractivity contribution in [3.05, 3.63) is 105 Å². The molecule has 1 amide bonds. The van der Waals surface area contributed by atoms with E-state index in [2.05, 4.69) is 10.6 Å². The number of carbonyl (C=O) groups is 1. The molecule has 0 aliphatic rings. The Hall–Kier alpha value is -4.23. The molecule has 4 rings (SSSR count). The van der Waals surface area contributed by atoms with E-state index in [4.69, 9.17) is 4.74 Å². The highest BCUT2D eigenvalue weighted by molar-refractivity contribution is 6.05. The minimum Gasteiger partial charge on any atom is -0.496 e. The van der Waals surface area contributed by atoms with Crippen molar-refractivity contribution in [3.8, 4) is 28.0 Å². The average molecular weight is 528 g/mol. The first-order valence-electron chi connectivity index (χ1n) is 12.9. The second-order valence-electron chi connectivity index (χ2n) is 9.92. The van der Waals surface area contributed by atoms with Crippen molar-refractivity contribution in [1.29, 1.82) is 0 Å². The molecule has 0 bridgehead atoms. The summed E-state index contributed by atoms with van der Waals surface area (Å²) < 4.78 is 22.2. The number of ether oxygens (including phenoxy) is 1. The van der Waals surface area contributed by atoms with Gasteiger partial charge in [-0.25, -0.2) is 4.39 Å². The summed E-state index contributed by atoms with van der Waals surface area (Å²) in [4.78, 5) is 25.3. The second-order valence-corrected chi connectivity index (χ2v) is 9.92. The van der Waals surface area contributed by atoms with Gasteiger partial charge >= 0.3 is 0 Å². The molecule has 4 aromatic rings. The van der Waals surface area contributed by atoms with Crippen LogP contribution in [0.2, 0.25) is 0 Å². The number of carbonyl (C=O) groups excluding carboxylic acids is 1. The zero-order chi connectivity index (χ0) is 28.3. The molecule has 2 N–H and O–H groups in total. The number of nitrogens with one attached hydrogen (secondary N) is 2. The Morgan fingerprint density at radius 3 is 2.33 bits per heavy atom. The molecule has 0 saturated carbocycles. The lowest BCUT2D eigenvalue weighted by Crippen LogP contribution is -2.27. The molecule has 0 unspecified atom stereocenters. The van der Waals surface area contributed by atoms with Crippen LogP contribution < -0.4 is 20.9 Å². The minimum absolute atomic E-state index is 0.0750. The zero-order valence-corrected chi connectivity index (χ0v) is 23.2. The third-order valence-electron chi connectivity index (χ3n) is 6.95. The molecule has 202 valence electrons. The first-order chi connectivity index (χ1) is 18.6. The van der Waals surface area contributed by atoms with Gasteiger partial charge in [0.1, 0.15) is 17.1 Å². The molecular formula is C32H34FN3O3. The van der Waals surface area contributed by atoms with Crippen LogP contribution >= 0.6 is 0 Å². The molecule has 6 nitrogen and oxygen atoms in total. The molecule has 0 aliphatic heterocycles. The van der Waals surface area contributed by atoms with E-state index in [0.717, 1.165) is 33.4 Å². The Bertz CT molecular complexity index is 1590. The monoisotopic (exact) mass is 527 g/mol. The van der Waals surface area contributed by atoms with Crippen LogP contribution in [0, 0.1) is 19.7 Å². The fourth-order valence-electron chi connectivity index (χ4n) is 4.69. The van der Waals surface area contributed by atoms with Gasteiger partial charge in [-0.1, -0.05) is 44.2 Å². The van der Waals surface area contributed by atoms with Gasteiger partial charge in [-0.15, -0.1) is 0 Å². The maximum absolute atomic E-state index is 15.2. The summed E-state index contributed by atoms with van der Waals surface area (Å²) in [5.41, 5.74) is 6.15. The van der Waals surface area contributed by atoms with Crippen molar-refractivity contribution in [1.82, 2.24) is 9.88 Å². The van der Waals surface area contributed by atoms with Crippen LogP contribution in [-0.4, -0.2) is 23.6 Å². The molecule has 0 radical (unpaired) electrons. The number of methoxy groups -OCH3 is 1. The van der Waals surface area contributed by atoms with Crippen LogP contribution in [0.3, 0.4) is 0 Å². The van der Waals surface area contributed by atoms with Gasteiger partial charge in [-0.05, 0) is 77.6 Å². The van der Waals surface area contributed by atoms with Gasteiger partial charge < -0.3 is 19.9 Å². The lowest BCUT2D eigenvalue weighted by molar-refractivity contribution is 0.102. The van der Waals surface area contributed by atoms with Crippen molar-refractivity contribution in [2.45, 2.75) is 40.3 Å². The summed E-state index contributed by atoms with van der Waals surface area (Å²) in [5.74, 6) is -0.289. The standard InChI is InChI=1S/C32H34FN3O3/c1-19(2)34-18-27-28(33)16-22(17-30(27)39-6)23-10-7-11-24(20(23)3)25-12-8-14-29(21(25)4)35-31(37)26-13-9-15-36(5)32(26)38/h7-17,19,34H,18H2,1-6H3,(H,35,37). The highest BCUT2D eigenvalue weighted by Crippen LogP contribution is 2.37. The van der Waals surface area contributed by atoms with E-state index in [0.29, 0.717) is 23.5 Å². The second kappa shape index (κ2) is 11.7. The Morgan fingerprint density at radius 1 is 0.974 bits per heavy atom. The van der Waals surface area contributed by atoms with Crippen molar-refractivity contribution < 1.29 is 13.9 Å². The largest absolute Gasteiger partial charge is 0.496 e. The number of halogens is 1. The molecule has 1 aromatic heterocycles. The Labute approximate surface area is 228 Å². The van der Waals surface area contributed by atoms with Crippen LogP contribution in [0.4, 0.5) is 10.1 Å². The van der Waals surface area contributed by atoms with E-state index in [1.165, 1.54) is 10.6 Å². The average Bonchev–Trinajstić information content (AvgIpc) is 2.90. The first-order valence-corrected chi connectivity index (χ1v) is 12.9. The van der Waals surface area contributed by atoms with Crippen molar-refractivity contribution in [2.24, 2.45) is 7.05 Å². The highest BCUT2D eigenvalue weighted by atomic mass is 19.1. The van der Waals surface area contributed by atoms with Crippen LogP contribution in [0.1, 0.15) is 40.9 Å². The number of aromatic nitrogens is 1. The van der Waals surface area contributed by atoms with E-state index in [-0.39, 0.29) is 23.0 Å². The van der Waals surface area contributed by atoms with E-state index < -0.39 is 5.91 Å². The summed E-state index contributed by atoms with van der Waals surface area (Å²) in [7, 11) is 3.16. The molecule has 0 spiro atoms. The van der Waals surface area contributed by atoms with Crippen molar-refractivity contribution in [2.75, 3.05) is 12.4 Å². The van der Waals surface area contributed by atoms with E-state index in [9.17, 15) is 9.59 Å². The van der Waals surface area contributed by atoms with Gasteiger partial charge in [0.05, 0.1) is 7.11 Å². The summed E-state index contributed by atoms with van der Waals surface area (Å²) in [5, 5.41) is 6.15. The zero-order valence-electron chi connectivity index (χ0n) is 23.2. The van der Waals surface area contributed by atoms with Crippen molar-refractivity contribution >= 4 is 11.6 Å². The molecular weight excluding hydrogens is 493 g/mol. The molecule has 3 aromatic carbocycles. The maximum Gasteiger partial charge on any atom is 0.263 e. The van der Waals surface area contributed by atoms with Gasteiger partial charge in [0, 0.05) is 37.1 Å². The van der Waals surface area contributed by atoms with E-state index in [1.54, 1.807) is 32.5 Å². The van der Waals surface area contributed by atoms with Gasteiger partial charge in [-0.3, -0.25) is 9.59 Å². The number of amides is 1. The predicted octanol–water partition coefficient (Wildman–Crippen LogP) is 6.23. The lowest BCUT2D eigenvalue weighted by Gasteiger charge is -2.18. The number of benzene rings is 3.